The van der Waals surface area contributed by atoms with Crippen LogP contribution in [0.15, 0.2) is 18.3 Å². The van der Waals surface area contributed by atoms with Gasteiger partial charge in [0.15, 0.2) is 5.81 Å². The molecule has 4 nitrogen and oxygen atoms in total. The average Bonchev–Trinajstić information content (AvgIpc) is 2.53. The summed E-state index contributed by atoms with van der Waals surface area (Å²) < 4.78 is 37.8. The molecule has 102 valence electrons. The molecule has 1 aliphatic rings. The summed E-state index contributed by atoms with van der Waals surface area (Å²) in [7, 11) is 0. The number of hydrogen-bond acceptors (Lipinski definition) is 3. The minimum atomic E-state index is -4.51. The number of pyridine rings is 1. The van der Waals surface area contributed by atoms with Gasteiger partial charge in [0.2, 0.25) is 0 Å². The number of carbonyl (C=O) groups excluding carboxylic acids is 1. The number of nitrogens with zero attached hydrogens (tertiary/aromatic N) is 2. The van der Waals surface area contributed by atoms with Crippen LogP contribution in [0.3, 0.4) is 0 Å². The molecule has 1 aromatic rings. The van der Waals surface area contributed by atoms with Crippen LogP contribution in [0, 0.1) is 0 Å². The van der Waals surface area contributed by atoms with Crippen LogP contribution in [0.5, 0.6) is 0 Å². The molecule has 1 fully saturated rings. The van der Waals surface area contributed by atoms with E-state index in [1.165, 1.54) is 0 Å². The van der Waals surface area contributed by atoms with Gasteiger partial charge in [-0.15, -0.1) is 0 Å². The lowest BCUT2D eigenvalue weighted by atomic mass is 9.45. The fraction of sp³-hybridized carbons (Fsp3) is 0.455. The predicted octanol–water partition coefficient (Wildman–Crippen LogP) is 2.46. The first kappa shape index (κ1) is 13.9. The zero-order valence-electron chi connectivity index (χ0n) is 10.3. The van der Waals surface area contributed by atoms with E-state index in [1.54, 1.807) is 13.7 Å². The fourth-order valence-corrected chi connectivity index (χ4v) is 2.04. The van der Waals surface area contributed by atoms with E-state index in [1.807, 2.05) is 0 Å². The molecular weight excluding hydrogens is 260 g/mol. The molecule has 2 rings (SSSR count). The maximum atomic E-state index is 12.6. The summed E-state index contributed by atoms with van der Waals surface area (Å²) in [6.45, 7) is 2.84. The number of anilines is 1. The molecule has 0 aromatic carbocycles. The van der Waals surface area contributed by atoms with Gasteiger partial charge in [-0.3, -0.25) is 9.69 Å². The van der Waals surface area contributed by atoms with Crippen molar-refractivity contribution in [3.05, 3.63) is 23.9 Å². The van der Waals surface area contributed by atoms with Crippen molar-refractivity contribution < 1.29 is 23.1 Å². The molecule has 1 saturated heterocycles. The Labute approximate surface area is 108 Å². The Balaban J connectivity index is 2.40. The first-order valence-corrected chi connectivity index (χ1v) is 5.78. The third kappa shape index (κ3) is 2.32. The number of alkyl halides is 3. The van der Waals surface area contributed by atoms with Crippen LogP contribution >= 0.6 is 0 Å². The summed E-state index contributed by atoms with van der Waals surface area (Å²) in [5.41, 5.74) is -0.898. The lowest BCUT2D eigenvalue weighted by Gasteiger charge is -2.22. The number of aliphatic hydroxyl groups is 1. The molecule has 0 bridgehead atoms. The molecule has 2 heterocycles. The molecule has 0 aliphatic carbocycles. The third-order valence-corrected chi connectivity index (χ3v) is 3.47. The Morgan fingerprint density at radius 3 is 2.58 bits per heavy atom. The number of halogens is 3. The predicted molar refractivity (Wildman–Crippen MR) is 64.2 cm³/mol. The molecule has 2 atom stereocenters. The van der Waals surface area contributed by atoms with Gasteiger partial charge in [0.25, 0.3) is 6.71 Å². The minimum absolute atomic E-state index is 0.177. The largest absolute Gasteiger partial charge is 0.416 e. The number of aliphatic hydroxyl groups excluding tert-OH is 1. The van der Waals surface area contributed by atoms with E-state index in [4.69, 9.17) is 0 Å². The van der Waals surface area contributed by atoms with E-state index in [0.717, 1.165) is 23.2 Å². The smallest absolute Gasteiger partial charge is 0.374 e. The standard InChI is InChI=1S/C11H12BF3N2O2/c1-6-9(18)17(10(19)12(6)2)8-5-7(3-4-16-8)11(13,14)15/h3-6,9,18H,1-2H3/t6-,9?/m0/s1. The number of rotatable bonds is 1. The van der Waals surface area contributed by atoms with Crippen molar-refractivity contribution in [2.75, 3.05) is 4.90 Å². The first-order chi connectivity index (χ1) is 8.73. The van der Waals surface area contributed by atoms with Crippen molar-refractivity contribution in [3.8, 4) is 0 Å². The van der Waals surface area contributed by atoms with Crippen molar-refractivity contribution >= 4 is 18.3 Å². The van der Waals surface area contributed by atoms with E-state index >= 15 is 0 Å². The van der Waals surface area contributed by atoms with Crippen molar-refractivity contribution in [1.82, 2.24) is 4.98 Å². The molecule has 0 spiro atoms. The zero-order chi connectivity index (χ0) is 14.4. The van der Waals surface area contributed by atoms with Crippen LogP contribution in [0.25, 0.3) is 0 Å². The van der Waals surface area contributed by atoms with E-state index in [-0.39, 0.29) is 11.6 Å². The summed E-state index contributed by atoms with van der Waals surface area (Å²) in [6, 6.07) is 1.59. The molecule has 1 unspecified atom stereocenters. The highest BCUT2D eigenvalue weighted by molar-refractivity contribution is 6.93. The maximum absolute atomic E-state index is 12.6. The van der Waals surface area contributed by atoms with E-state index in [2.05, 4.69) is 4.98 Å². The molecule has 19 heavy (non-hydrogen) atoms. The molecule has 8 heteroatoms. The van der Waals surface area contributed by atoms with Crippen LogP contribution in [0.1, 0.15) is 12.5 Å². The van der Waals surface area contributed by atoms with Gasteiger partial charge in [-0.1, -0.05) is 13.7 Å². The van der Waals surface area contributed by atoms with Crippen LogP contribution in [-0.4, -0.2) is 28.8 Å². The number of amides is 1. The number of hydrogen-bond donors (Lipinski definition) is 1. The highest BCUT2D eigenvalue weighted by Gasteiger charge is 2.46. The summed E-state index contributed by atoms with van der Waals surface area (Å²) in [5.74, 6) is -0.959. The summed E-state index contributed by atoms with van der Waals surface area (Å²) in [5, 5.41) is 9.93. The molecule has 1 aromatic heterocycles. The summed E-state index contributed by atoms with van der Waals surface area (Å²) in [6.07, 6.45) is -4.69. The topological polar surface area (TPSA) is 53.4 Å². The van der Waals surface area contributed by atoms with Gasteiger partial charge in [-0.05, 0) is 17.9 Å². The van der Waals surface area contributed by atoms with Gasteiger partial charge in [-0.25, -0.2) is 4.98 Å². The second-order valence-corrected chi connectivity index (χ2v) is 4.67. The maximum Gasteiger partial charge on any atom is 0.416 e. The van der Waals surface area contributed by atoms with E-state index < -0.39 is 30.5 Å². The Morgan fingerprint density at radius 1 is 1.47 bits per heavy atom. The van der Waals surface area contributed by atoms with Crippen LogP contribution in [0.4, 0.5) is 23.8 Å². The lowest BCUT2D eigenvalue weighted by molar-refractivity contribution is -0.137. The monoisotopic (exact) mass is 272 g/mol. The normalized spacial score (nSPS) is 24.2. The van der Waals surface area contributed by atoms with E-state index in [9.17, 15) is 23.1 Å². The Morgan fingerprint density at radius 2 is 2.11 bits per heavy atom. The first-order valence-electron chi connectivity index (χ1n) is 5.78. The molecule has 1 aliphatic heterocycles. The number of aromatic nitrogens is 1. The van der Waals surface area contributed by atoms with Crippen molar-refractivity contribution in [2.45, 2.75) is 32.0 Å². The van der Waals surface area contributed by atoms with Gasteiger partial charge < -0.3 is 5.11 Å². The molecule has 0 radical (unpaired) electrons. The highest BCUT2D eigenvalue weighted by atomic mass is 19.4. The number of carbonyl (C=O) groups is 1. The Hall–Kier alpha value is -1.57. The molecular formula is C11H12BF3N2O2. The SMILES string of the molecule is CB1C(=O)N(c2cc(C(F)(F)F)ccn2)C(O)[C@@H]1C. The van der Waals surface area contributed by atoms with Gasteiger partial charge in [0.05, 0.1) is 5.56 Å². The fourth-order valence-electron chi connectivity index (χ4n) is 2.04. The minimum Gasteiger partial charge on any atom is -0.374 e. The van der Waals surface area contributed by atoms with E-state index in [0.29, 0.717) is 0 Å². The Bertz CT molecular complexity index is 509. The van der Waals surface area contributed by atoms with Crippen LogP contribution < -0.4 is 4.90 Å². The van der Waals surface area contributed by atoms with Gasteiger partial charge in [-0.2, -0.15) is 13.2 Å². The summed E-state index contributed by atoms with van der Waals surface area (Å²) in [4.78, 5) is 16.6. The average molecular weight is 272 g/mol. The highest BCUT2D eigenvalue weighted by Crippen LogP contribution is 2.35. The van der Waals surface area contributed by atoms with Crippen molar-refractivity contribution in [1.29, 1.82) is 0 Å². The van der Waals surface area contributed by atoms with Crippen LogP contribution in [0.2, 0.25) is 12.6 Å². The van der Waals surface area contributed by atoms with Gasteiger partial charge >= 0.3 is 6.18 Å². The summed E-state index contributed by atoms with van der Waals surface area (Å²) >= 11 is 0. The van der Waals surface area contributed by atoms with Gasteiger partial charge in [0.1, 0.15) is 12.0 Å². The molecule has 1 N–H and O–H groups in total. The van der Waals surface area contributed by atoms with Crippen molar-refractivity contribution in [3.63, 3.8) is 0 Å². The lowest BCUT2D eigenvalue weighted by Crippen LogP contribution is -2.35. The third-order valence-electron chi connectivity index (χ3n) is 3.47. The molecule has 0 saturated carbocycles. The van der Waals surface area contributed by atoms with Crippen molar-refractivity contribution in [2.24, 2.45) is 0 Å². The van der Waals surface area contributed by atoms with Gasteiger partial charge in [0, 0.05) is 6.20 Å². The second kappa shape index (κ2) is 4.52. The van der Waals surface area contributed by atoms with Crippen LogP contribution in [-0.2, 0) is 6.18 Å². The molecule has 1 amide bonds. The quantitative estimate of drug-likeness (QED) is 0.799. The Kier molecular flexibility index (Phi) is 3.30. The second-order valence-electron chi connectivity index (χ2n) is 4.67. The zero-order valence-corrected chi connectivity index (χ0v) is 10.3.